The van der Waals surface area contributed by atoms with E-state index in [0.717, 1.165) is 16.5 Å². The molecule has 0 aliphatic heterocycles. The van der Waals surface area contributed by atoms with Crippen molar-refractivity contribution in [3.63, 3.8) is 0 Å². The van der Waals surface area contributed by atoms with Gasteiger partial charge >= 0.3 is 5.97 Å². The first kappa shape index (κ1) is 12.6. The second kappa shape index (κ2) is 5.20. The highest BCUT2D eigenvalue weighted by Crippen LogP contribution is 2.28. The predicted octanol–water partition coefficient (Wildman–Crippen LogP) is 1.50. The number of fused-ring (bicyclic) bond motifs is 1. The monoisotopic (exact) mass is 248 g/mol. The van der Waals surface area contributed by atoms with Crippen LogP contribution in [0.2, 0.25) is 0 Å². The highest BCUT2D eigenvalue weighted by atomic mass is 16.4. The van der Waals surface area contributed by atoms with Crippen molar-refractivity contribution >= 4 is 16.9 Å². The van der Waals surface area contributed by atoms with E-state index in [2.05, 4.69) is 5.32 Å². The number of para-hydroxylation sites is 1. The summed E-state index contributed by atoms with van der Waals surface area (Å²) in [5.74, 6) is -0.997. The number of carbonyl (C=O) groups is 1. The van der Waals surface area contributed by atoms with Crippen LogP contribution in [-0.4, -0.2) is 24.2 Å². The van der Waals surface area contributed by atoms with Crippen LogP contribution in [-0.2, 0) is 4.79 Å². The van der Waals surface area contributed by atoms with E-state index in [-0.39, 0.29) is 6.04 Å². The molecule has 5 heteroatoms. The summed E-state index contributed by atoms with van der Waals surface area (Å²) < 4.78 is 5.45. The largest absolute Gasteiger partial charge is 0.480 e. The minimum absolute atomic E-state index is 0.139. The second-order valence-electron chi connectivity index (χ2n) is 4.21. The molecule has 96 valence electrons. The van der Waals surface area contributed by atoms with Crippen LogP contribution in [0, 0.1) is 0 Å². The first-order chi connectivity index (χ1) is 8.63. The Balaban J connectivity index is 2.30. The summed E-state index contributed by atoms with van der Waals surface area (Å²) in [7, 11) is 1.78. The molecule has 0 spiro atoms. The molecule has 18 heavy (non-hydrogen) atoms. The summed E-state index contributed by atoms with van der Waals surface area (Å²) in [5.41, 5.74) is 7.30. The van der Waals surface area contributed by atoms with E-state index in [0.29, 0.717) is 6.42 Å². The van der Waals surface area contributed by atoms with Crippen LogP contribution in [0.3, 0.4) is 0 Å². The number of hydrogen-bond donors (Lipinski definition) is 3. The average molecular weight is 248 g/mol. The third-order valence-electron chi connectivity index (χ3n) is 3.04. The van der Waals surface area contributed by atoms with Gasteiger partial charge in [0.2, 0.25) is 0 Å². The van der Waals surface area contributed by atoms with Gasteiger partial charge in [0.1, 0.15) is 11.6 Å². The molecule has 1 aromatic heterocycles. The van der Waals surface area contributed by atoms with Gasteiger partial charge in [-0.05, 0) is 19.5 Å². The number of nitrogens with two attached hydrogens (primary N) is 1. The minimum atomic E-state index is -0.997. The first-order valence-electron chi connectivity index (χ1n) is 5.75. The molecule has 2 rings (SSSR count). The maximum absolute atomic E-state index is 10.8. The Kier molecular flexibility index (Phi) is 3.64. The molecule has 0 amide bonds. The van der Waals surface area contributed by atoms with Crippen LogP contribution in [0.25, 0.3) is 11.0 Å². The fraction of sp³-hybridized carbons (Fsp3) is 0.308. The molecule has 0 bridgehead atoms. The van der Waals surface area contributed by atoms with E-state index < -0.39 is 12.0 Å². The summed E-state index contributed by atoms with van der Waals surface area (Å²) in [5, 5.41) is 12.9. The quantitative estimate of drug-likeness (QED) is 0.746. The predicted molar refractivity (Wildman–Crippen MR) is 68.2 cm³/mol. The molecule has 0 saturated carbocycles. The summed E-state index contributed by atoms with van der Waals surface area (Å²) in [4.78, 5) is 10.8. The Labute approximate surface area is 105 Å². The van der Waals surface area contributed by atoms with Gasteiger partial charge < -0.3 is 20.6 Å². The lowest BCUT2D eigenvalue weighted by molar-refractivity contribution is -0.138. The summed E-state index contributed by atoms with van der Waals surface area (Å²) in [6, 6.07) is 6.61. The highest BCUT2D eigenvalue weighted by Gasteiger charge is 2.21. The molecule has 1 aromatic carbocycles. The van der Waals surface area contributed by atoms with Crippen LogP contribution in [0.15, 0.2) is 34.9 Å². The van der Waals surface area contributed by atoms with Crippen LogP contribution in [0.5, 0.6) is 0 Å². The van der Waals surface area contributed by atoms with Crippen LogP contribution < -0.4 is 11.1 Å². The van der Waals surface area contributed by atoms with Crippen molar-refractivity contribution in [2.75, 3.05) is 7.05 Å². The third kappa shape index (κ3) is 2.37. The summed E-state index contributed by atoms with van der Waals surface area (Å²) >= 11 is 0. The van der Waals surface area contributed by atoms with Crippen molar-refractivity contribution < 1.29 is 14.3 Å². The average Bonchev–Trinajstić information content (AvgIpc) is 2.79. The lowest BCUT2D eigenvalue weighted by atomic mass is 9.99. The Morgan fingerprint density at radius 3 is 2.89 bits per heavy atom. The molecule has 0 aliphatic carbocycles. The van der Waals surface area contributed by atoms with E-state index in [9.17, 15) is 4.79 Å². The van der Waals surface area contributed by atoms with Crippen molar-refractivity contribution in [3.05, 3.63) is 36.1 Å². The fourth-order valence-electron chi connectivity index (χ4n) is 2.02. The number of hydrogen-bond acceptors (Lipinski definition) is 4. The minimum Gasteiger partial charge on any atom is -0.480 e. The normalized spacial score (nSPS) is 14.6. The molecule has 0 aliphatic rings. The van der Waals surface area contributed by atoms with Gasteiger partial charge in [-0.2, -0.15) is 0 Å². The molecule has 0 saturated heterocycles. The Morgan fingerprint density at radius 2 is 2.22 bits per heavy atom. The zero-order valence-corrected chi connectivity index (χ0v) is 10.1. The van der Waals surface area contributed by atoms with E-state index in [1.165, 1.54) is 0 Å². The molecule has 2 atom stereocenters. The Hall–Kier alpha value is -1.85. The fourth-order valence-corrected chi connectivity index (χ4v) is 2.02. The topological polar surface area (TPSA) is 88.5 Å². The van der Waals surface area contributed by atoms with Gasteiger partial charge in [0.05, 0.1) is 6.26 Å². The van der Waals surface area contributed by atoms with Crippen LogP contribution in [0.1, 0.15) is 18.0 Å². The number of furan rings is 1. The molecule has 2 unspecified atom stereocenters. The highest BCUT2D eigenvalue weighted by molar-refractivity contribution is 5.81. The maximum Gasteiger partial charge on any atom is 0.320 e. The lowest BCUT2D eigenvalue weighted by Crippen LogP contribution is -2.34. The summed E-state index contributed by atoms with van der Waals surface area (Å²) in [6.07, 6.45) is 1.97. The number of aliphatic carboxylic acids is 1. The van der Waals surface area contributed by atoms with Gasteiger partial charge in [-0.3, -0.25) is 4.79 Å². The van der Waals surface area contributed by atoms with Crippen LogP contribution in [0.4, 0.5) is 0 Å². The van der Waals surface area contributed by atoms with Gasteiger partial charge in [-0.1, -0.05) is 18.2 Å². The number of benzene rings is 1. The number of rotatable bonds is 5. The molecular formula is C13H16N2O3. The second-order valence-corrected chi connectivity index (χ2v) is 4.21. The van der Waals surface area contributed by atoms with E-state index in [4.69, 9.17) is 15.3 Å². The zero-order valence-electron chi connectivity index (χ0n) is 10.1. The van der Waals surface area contributed by atoms with Crippen molar-refractivity contribution in [2.45, 2.75) is 18.5 Å². The molecule has 1 heterocycles. The lowest BCUT2D eigenvalue weighted by Gasteiger charge is -2.17. The van der Waals surface area contributed by atoms with Gasteiger partial charge in [0.25, 0.3) is 0 Å². The molecule has 0 fully saturated rings. The third-order valence-corrected chi connectivity index (χ3v) is 3.04. The van der Waals surface area contributed by atoms with Gasteiger partial charge in [-0.15, -0.1) is 0 Å². The Morgan fingerprint density at radius 1 is 1.50 bits per heavy atom. The van der Waals surface area contributed by atoms with E-state index in [1.807, 2.05) is 24.3 Å². The summed E-state index contributed by atoms with van der Waals surface area (Å²) in [6.45, 7) is 0. The molecule has 5 nitrogen and oxygen atoms in total. The van der Waals surface area contributed by atoms with Crippen molar-refractivity contribution in [2.24, 2.45) is 5.73 Å². The molecule has 0 radical (unpaired) electrons. The standard InChI is InChI=1S/C13H16N2O3/c1-15-11(6-10(14)13(16)17)9-7-18-12-5-3-2-4-8(9)12/h2-5,7,10-11,15H,6,14H2,1H3,(H,16,17). The molecule has 4 N–H and O–H groups in total. The number of carboxylic acids is 1. The molecule has 2 aromatic rings. The van der Waals surface area contributed by atoms with Gasteiger partial charge in [0.15, 0.2) is 0 Å². The van der Waals surface area contributed by atoms with Crippen molar-refractivity contribution in [3.8, 4) is 0 Å². The zero-order chi connectivity index (χ0) is 13.1. The maximum atomic E-state index is 10.8. The smallest absolute Gasteiger partial charge is 0.320 e. The SMILES string of the molecule is CNC(CC(N)C(=O)O)c1coc2ccccc12. The van der Waals surface area contributed by atoms with E-state index in [1.54, 1.807) is 13.3 Å². The molecular weight excluding hydrogens is 232 g/mol. The number of carboxylic acid groups (broad SMARTS) is 1. The van der Waals surface area contributed by atoms with Crippen molar-refractivity contribution in [1.82, 2.24) is 5.32 Å². The van der Waals surface area contributed by atoms with Crippen molar-refractivity contribution in [1.29, 1.82) is 0 Å². The Bertz CT molecular complexity index is 550. The number of nitrogens with one attached hydrogen (secondary N) is 1. The van der Waals surface area contributed by atoms with Gasteiger partial charge in [-0.25, -0.2) is 0 Å². The van der Waals surface area contributed by atoms with Crippen LogP contribution >= 0.6 is 0 Å². The first-order valence-corrected chi connectivity index (χ1v) is 5.75. The van der Waals surface area contributed by atoms with E-state index >= 15 is 0 Å². The van der Waals surface area contributed by atoms with Gasteiger partial charge in [0, 0.05) is 17.0 Å².